The van der Waals surface area contributed by atoms with Gasteiger partial charge in [0.1, 0.15) is 11.5 Å². The highest BCUT2D eigenvalue weighted by atomic mass is 79.9. The van der Waals surface area contributed by atoms with Crippen LogP contribution in [-0.2, 0) is 0 Å². The molecule has 19 heavy (non-hydrogen) atoms. The van der Waals surface area contributed by atoms with Crippen molar-refractivity contribution in [2.75, 3.05) is 6.61 Å². The van der Waals surface area contributed by atoms with Crippen LogP contribution in [0.15, 0.2) is 28.9 Å². The Morgan fingerprint density at radius 2 is 2.00 bits per heavy atom. The van der Waals surface area contributed by atoms with E-state index in [0.717, 1.165) is 16.9 Å². The first-order valence-corrected chi connectivity index (χ1v) is 7.51. The molecule has 1 aromatic heterocycles. The van der Waals surface area contributed by atoms with E-state index < -0.39 is 0 Å². The van der Waals surface area contributed by atoms with Gasteiger partial charge in [-0.15, -0.1) is 0 Å². The van der Waals surface area contributed by atoms with E-state index in [-0.39, 0.29) is 4.83 Å². The second kappa shape index (κ2) is 6.21. The van der Waals surface area contributed by atoms with Gasteiger partial charge in [-0.1, -0.05) is 39.1 Å². The average molecular weight is 364 g/mol. The third kappa shape index (κ3) is 3.10. The Bertz CT molecular complexity index is 581. The van der Waals surface area contributed by atoms with Gasteiger partial charge in [-0.3, -0.25) is 0 Å². The SMILES string of the molecule is CCOc1cc(Cl)c(C(Br)c2ccoc2C)cc1Cl. The molecule has 2 nitrogen and oxygen atoms in total. The van der Waals surface area contributed by atoms with Crippen LogP contribution in [0.5, 0.6) is 5.75 Å². The third-order valence-corrected chi connectivity index (χ3v) is 4.41. The molecule has 0 aliphatic rings. The van der Waals surface area contributed by atoms with Crippen molar-refractivity contribution in [3.8, 4) is 5.75 Å². The molecular formula is C14H13BrCl2O2. The minimum absolute atomic E-state index is 0.0630. The maximum absolute atomic E-state index is 6.30. The van der Waals surface area contributed by atoms with Gasteiger partial charge >= 0.3 is 0 Å². The second-order valence-electron chi connectivity index (χ2n) is 4.03. The minimum atomic E-state index is -0.0630. The normalized spacial score (nSPS) is 12.5. The lowest BCUT2D eigenvalue weighted by Gasteiger charge is -2.14. The lowest BCUT2D eigenvalue weighted by Crippen LogP contribution is -1.97. The van der Waals surface area contributed by atoms with Gasteiger partial charge in [0.15, 0.2) is 0 Å². The Morgan fingerprint density at radius 1 is 1.26 bits per heavy atom. The number of hydrogen-bond acceptors (Lipinski definition) is 2. The fourth-order valence-corrected chi connectivity index (χ4v) is 3.30. The highest BCUT2D eigenvalue weighted by Gasteiger charge is 2.19. The molecule has 102 valence electrons. The van der Waals surface area contributed by atoms with E-state index in [4.69, 9.17) is 32.4 Å². The molecule has 2 rings (SSSR count). The van der Waals surface area contributed by atoms with Crippen LogP contribution in [-0.4, -0.2) is 6.61 Å². The first-order chi connectivity index (χ1) is 9.04. The third-order valence-electron chi connectivity index (χ3n) is 2.80. The van der Waals surface area contributed by atoms with Crippen molar-refractivity contribution in [2.24, 2.45) is 0 Å². The van der Waals surface area contributed by atoms with Gasteiger partial charge < -0.3 is 9.15 Å². The van der Waals surface area contributed by atoms with Crippen molar-refractivity contribution in [3.05, 3.63) is 51.4 Å². The van der Waals surface area contributed by atoms with Gasteiger partial charge in [0.05, 0.1) is 22.7 Å². The Hall–Kier alpha value is -0.640. The zero-order chi connectivity index (χ0) is 14.0. The minimum Gasteiger partial charge on any atom is -0.492 e. The van der Waals surface area contributed by atoms with Gasteiger partial charge in [-0.25, -0.2) is 0 Å². The van der Waals surface area contributed by atoms with Crippen LogP contribution >= 0.6 is 39.1 Å². The summed E-state index contributed by atoms with van der Waals surface area (Å²) in [6, 6.07) is 5.47. The summed E-state index contributed by atoms with van der Waals surface area (Å²) in [4.78, 5) is -0.0630. The smallest absolute Gasteiger partial charge is 0.139 e. The van der Waals surface area contributed by atoms with E-state index in [9.17, 15) is 0 Å². The molecule has 0 radical (unpaired) electrons. The van der Waals surface area contributed by atoms with Crippen molar-refractivity contribution in [2.45, 2.75) is 18.7 Å². The van der Waals surface area contributed by atoms with Gasteiger partial charge in [-0.05, 0) is 31.5 Å². The van der Waals surface area contributed by atoms with Crippen LogP contribution in [0.4, 0.5) is 0 Å². The first-order valence-electron chi connectivity index (χ1n) is 5.84. The average Bonchev–Trinajstić information content (AvgIpc) is 2.79. The van der Waals surface area contributed by atoms with Crippen LogP contribution < -0.4 is 4.74 Å². The summed E-state index contributed by atoms with van der Waals surface area (Å²) < 4.78 is 10.7. The van der Waals surface area contributed by atoms with Crippen LogP contribution in [0.25, 0.3) is 0 Å². The molecule has 0 aliphatic carbocycles. The fraction of sp³-hybridized carbons (Fsp3) is 0.286. The maximum atomic E-state index is 6.30. The van der Waals surface area contributed by atoms with Crippen molar-refractivity contribution < 1.29 is 9.15 Å². The first kappa shape index (κ1) is 14.8. The van der Waals surface area contributed by atoms with Crippen molar-refractivity contribution in [3.63, 3.8) is 0 Å². The predicted molar refractivity (Wildman–Crippen MR) is 81.8 cm³/mol. The number of ether oxygens (including phenoxy) is 1. The molecule has 1 unspecified atom stereocenters. The fourth-order valence-electron chi connectivity index (χ4n) is 1.83. The summed E-state index contributed by atoms with van der Waals surface area (Å²) in [6.07, 6.45) is 1.66. The number of alkyl halides is 1. The van der Waals surface area contributed by atoms with Crippen LogP contribution in [0.1, 0.15) is 28.6 Å². The van der Waals surface area contributed by atoms with E-state index in [1.165, 1.54) is 0 Å². The molecule has 0 spiro atoms. The molecule has 0 saturated carbocycles. The zero-order valence-corrected chi connectivity index (χ0v) is 13.6. The van der Waals surface area contributed by atoms with Crippen molar-refractivity contribution in [1.29, 1.82) is 0 Å². The molecule has 0 bridgehead atoms. The largest absolute Gasteiger partial charge is 0.492 e. The Labute approximate surface area is 130 Å². The van der Waals surface area contributed by atoms with Crippen molar-refractivity contribution >= 4 is 39.1 Å². The van der Waals surface area contributed by atoms with Crippen LogP contribution in [0, 0.1) is 6.92 Å². The van der Waals surface area contributed by atoms with E-state index in [1.54, 1.807) is 12.3 Å². The van der Waals surface area contributed by atoms with Crippen molar-refractivity contribution in [1.82, 2.24) is 0 Å². The Morgan fingerprint density at radius 3 is 2.58 bits per heavy atom. The standard InChI is InChI=1S/C14H13BrCl2O2/c1-3-18-13-7-11(16)10(6-12(13)17)14(15)9-4-5-19-8(9)2/h4-7,14H,3H2,1-2H3. The van der Waals surface area contributed by atoms with E-state index in [1.807, 2.05) is 26.0 Å². The lowest BCUT2D eigenvalue weighted by atomic mass is 10.1. The molecule has 0 N–H and O–H groups in total. The molecule has 0 saturated heterocycles. The summed E-state index contributed by atoms with van der Waals surface area (Å²) in [7, 11) is 0. The quantitative estimate of drug-likeness (QED) is 0.642. The van der Waals surface area contributed by atoms with E-state index >= 15 is 0 Å². The van der Waals surface area contributed by atoms with Gasteiger partial charge in [0.25, 0.3) is 0 Å². The number of aryl methyl sites for hydroxylation is 1. The number of halogens is 3. The van der Waals surface area contributed by atoms with E-state index in [0.29, 0.717) is 22.4 Å². The zero-order valence-electron chi connectivity index (χ0n) is 10.5. The molecule has 0 aliphatic heterocycles. The summed E-state index contributed by atoms with van der Waals surface area (Å²) in [6.45, 7) is 4.36. The maximum Gasteiger partial charge on any atom is 0.139 e. The van der Waals surface area contributed by atoms with Gasteiger partial charge in [-0.2, -0.15) is 0 Å². The summed E-state index contributed by atoms with van der Waals surface area (Å²) in [5, 5.41) is 1.15. The van der Waals surface area contributed by atoms with E-state index in [2.05, 4.69) is 15.9 Å². The number of furan rings is 1. The highest BCUT2D eigenvalue weighted by molar-refractivity contribution is 9.09. The van der Waals surface area contributed by atoms with Gasteiger partial charge in [0, 0.05) is 16.7 Å². The molecule has 0 amide bonds. The molecule has 1 aromatic carbocycles. The molecule has 0 fully saturated rings. The molecule has 2 aromatic rings. The Kier molecular flexibility index (Phi) is 4.82. The number of rotatable bonds is 4. The number of benzene rings is 1. The lowest BCUT2D eigenvalue weighted by molar-refractivity contribution is 0.340. The predicted octanol–water partition coefficient (Wildman–Crippen LogP) is 5.78. The molecule has 5 heteroatoms. The van der Waals surface area contributed by atoms with Gasteiger partial charge in [0.2, 0.25) is 0 Å². The molecular weight excluding hydrogens is 351 g/mol. The van der Waals surface area contributed by atoms with Crippen LogP contribution in [0.2, 0.25) is 10.0 Å². The second-order valence-corrected chi connectivity index (χ2v) is 5.76. The Balaban J connectivity index is 2.40. The summed E-state index contributed by atoms with van der Waals surface area (Å²) >= 11 is 16.1. The van der Waals surface area contributed by atoms with Crippen LogP contribution in [0.3, 0.4) is 0 Å². The topological polar surface area (TPSA) is 22.4 Å². The summed E-state index contributed by atoms with van der Waals surface area (Å²) in [5.74, 6) is 1.45. The summed E-state index contributed by atoms with van der Waals surface area (Å²) in [5.41, 5.74) is 1.92. The molecule has 1 atom stereocenters. The monoisotopic (exact) mass is 362 g/mol. The molecule has 1 heterocycles. The number of hydrogen-bond donors (Lipinski definition) is 0. The highest BCUT2D eigenvalue weighted by Crippen LogP contribution is 2.41.